The van der Waals surface area contributed by atoms with Crippen molar-refractivity contribution in [1.29, 1.82) is 0 Å². The van der Waals surface area contributed by atoms with E-state index in [9.17, 15) is 14.7 Å². The molecule has 2 aliphatic rings. The van der Waals surface area contributed by atoms with E-state index in [-0.39, 0.29) is 24.3 Å². The number of piperidine rings is 1. The van der Waals surface area contributed by atoms with Gasteiger partial charge in [-0.15, -0.1) is 0 Å². The highest BCUT2D eigenvalue weighted by atomic mass is 16.6. The largest absolute Gasteiger partial charge is 0.479 e. The summed E-state index contributed by atoms with van der Waals surface area (Å²) in [5.41, 5.74) is 0.552. The van der Waals surface area contributed by atoms with Gasteiger partial charge in [0.15, 0.2) is 6.10 Å². The standard InChI is InChI=1S/C26H40N2O6/c1-17(24(29)30)33-23-10-6-5-8-20(23)18-11-13-19(14-12-18)32-16-22-21(9-7-15-27-22)28-25(31)34-26(2,3)4/h5-6,8,10,17-19,21-22,27H,7,9,11-16H2,1-4H3,(H,28,31)(H,29,30)/t17-,18?,19?,21?,22?/m1/s1. The molecule has 1 aromatic rings. The number of ether oxygens (including phenoxy) is 3. The number of rotatable bonds is 8. The van der Waals surface area contributed by atoms with Crippen LogP contribution in [0.4, 0.5) is 4.79 Å². The van der Waals surface area contributed by atoms with E-state index in [2.05, 4.69) is 10.6 Å². The minimum absolute atomic E-state index is 0.0137. The Morgan fingerprint density at radius 1 is 1.15 bits per heavy atom. The molecule has 1 aliphatic heterocycles. The molecular formula is C26H40N2O6. The van der Waals surface area contributed by atoms with Gasteiger partial charge in [0.25, 0.3) is 0 Å². The molecule has 2 unspecified atom stereocenters. The lowest BCUT2D eigenvalue weighted by molar-refractivity contribution is -0.144. The van der Waals surface area contributed by atoms with Gasteiger partial charge in [0.05, 0.1) is 18.8 Å². The van der Waals surface area contributed by atoms with Crippen LogP contribution in [0.5, 0.6) is 5.75 Å². The summed E-state index contributed by atoms with van der Waals surface area (Å²) in [5, 5.41) is 15.7. The van der Waals surface area contributed by atoms with Crippen LogP contribution in [-0.2, 0) is 14.3 Å². The van der Waals surface area contributed by atoms with E-state index in [0.29, 0.717) is 18.3 Å². The van der Waals surface area contributed by atoms with Gasteiger partial charge in [0.2, 0.25) is 0 Å². The normalized spacial score (nSPS) is 26.4. The number of nitrogens with one attached hydrogen (secondary N) is 2. The maximum absolute atomic E-state index is 12.2. The summed E-state index contributed by atoms with van der Waals surface area (Å²) in [6, 6.07) is 7.79. The fourth-order valence-electron chi connectivity index (χ4n) is 4.71. The van der Waals surface area contributed by atoms with Crippen LogP contribution in [0.3, 0.4) is 0 Å². The fourth-order valence-corrected chi connectivity index (χ4v) is 4.71. The van der Waals surface area contributed by atoms with Crippen LogP contribution in [0.15, 0.2) is 24.3 Å². The Kier molecular flexibility index (Phi) is 9.19. The number of hydrogen-bond donors (Lipinski definition) is 3. The van der Waals surface area contributed by atoms with E-state index in [1.54, 1.807) is 6.92 Å². The lowest BCUT2D eigenvalue weighted by atomic mass is 9.82. The van der Waals surface area contributed by atoms with Crippen molar-refractivity contribution in [1.82, 2.24) is 10.6 Å². The number of carbonyl (C=O) groups excluding carboxylic acids is 1. The Morgan fingerprint density at radius 2 is 1.85 bits per heavy atom. The van der Waals surface area contributed by atoms with Gasteiger partial charge in [-0.2, -0.15) is 0 Å². The maximum atomic E-state index is 12.2. The van der Waals surface area contributed by atoms with Crippen molar-refractivity contribution < 1.29 is 28.9 Å². The first kappa shape index (κ1) is 26.3. The Bertz CT molecular complexity index is 816. The van der Waals surface area contributed by atoms with Crippen molar-refractivity contribution in [3.63, 3.8) is 0 Å². The number of hydrogen-bond acceptors (Lipinski definition) is 6. The molecule has 1 heterocycles. The molecule has 3 rings (SSSR count). The topological polar surface area (TPSA) is 106 Å². The summed E-state index contributed by atoms with van der Waals surface area (Å²) in [4.78, 5) is 23.4. The van der Waals surface area contributed by atoms with Crippen molar-refractivity contribution in [2.75, 3.05) is 13.2 Å². The molecule has 34 heavy (non-hydrogen) atoms. The average molecular weight is 477 g/mol. The minimum Gasteiger partial charge on any atom is -0.479 e. The average Bonchev–Trinajstić information content (AvgIpc) is 2.78. The second-order valence-electron chi connectivity index (χ2n) is 10.4. The molecule has 3 N–H and O–H groups in total. The van der Waals surface area contributed by atoms with Crippen LogP contribution >= 0.6 is 0 Å². The fraction of sp³-hybridized carbons (Fsp3) is 0.692. The molecule has 2 fully saturated rings. The quantitative estimate of drug-likeness (QED) is 0.516. The third-order valence-electron chi connectivity index (χ3n) is 6.48. The Labute approximate surface area is 202 Å². The maximum Gasteiger partial charge on any atom is 0.407 e. The van der Waals surface area contributed by atoms with E-state index in [4.69, 9.17) is 14.2 Å². The van der Waals surface area contributed by atoms with E-state index in [1.807, 2.05) is 45.0 Å². The van der Waals surface area contributed by atoms with Gasteiger partial charge >= 0.3 is 12.1 Å². The highest BCUT2D eigenvalue weighted by molar-refractivity contribution is 5.72. The molecule has 8 heteroatoms. The molecule has 0 bridgehead atoms. The third kappa shape index (κ3) is 7.87. The predicted molar refractivity (Wildman–Crippen MR) is 129 cm³/mol. The predicted octanol–water partition coefficient (Wildman–Crippen LogP) is 4.23. The van der Waals surface area contributed by atoms with Gasteiger partial charge in [-0.3, -0.25) is 0 Å². The first-order valence-electron chi connectivity index (χ1n) is 12.5. The molecular weight excluding hydrogens is 436 g/mol. The third-order valence-corrected chi connectivity index (χ3v) is 6.48. The number of carboxylic acid groups (broad SMARTS) is 1. The summed E-state index contributed by atoms with van der Waals surface area (Å²) in [5.74, 6) is 0.0124. The smallest absolute Gasteiger partial charge is 0.407 e. The summed E-state index contributed by atoms with van der Waals surface area (Å²) in [7, 11) is 0. The highest BCUT2D eigenvalue weighted by Gasteiger charge is 2.31. The molecule has 0 spiro atoms. The zero-order valence-corrected chi connectivity index (χ0v) is 20.8. The number of alkyl carbamates (subject to hydrolysis) is 1. The van der Waals surface area contributed by atoms with Crippen LogP contribution in [0, 0.1) is 0 Å². The van der Waals surface area contributed by atoms with Crippen LogP contribution in [0.1, 0.15) is 77.7 Å². The van der Waals surface area contributed by atoms with Crippen molar-refractivity contribution in [3.8, 4) is 5.75 Å². The molecule has 1 saturated heterocycles. The number of carboxylic acids is 1. The number of amides is 1. The molecule has 1 amide bonds. The zero-order chi connectivity index (χ0) is 24.7. The highest BCUT2D eigenvalue weighted by Crippen LogP contribution is 2.38. The van der Waals surface area contributed by atoms with E-state index in [0.717, 1.165) is 50.6 Å². The van der Waals surface area contributed by atoms with Crippen LogP contribution < -0.4 is 15.4 Å². The molecule has 190 valence electrons. The van der Waals surface area contributed by atoms with Crippen molar-refractivity contribution >= 4 is 12.1 Å². The first-order valence-corrected chi connectivity index (χ1v) is 12.5. The first-order chi connectivity index (χ1) is 16.1. The molecule has 0 radical (unpaired) electrons. The van der Waals surface area contributed by atoms with Crippen molar-refractivity contribution in [3.05, 3.63) is 29.8 Å². The van der Waals surface area contributed by atoms with Crippen LogP contribution in [-0.4, -0.2) is 60.2 Å². The molecule has 0 aromatic heterocycles. The van der Waals surface area contributed by atoms with Gasteiger partial charge < -0.3 is 30.0 Å². The van der Waals surface area contributed by atoms with Crippen LogP contribution in [0.2, 0.25) is 0 Å². The van der Waals surface area contributed by atoms with E-state index < -0.39 is 17.7 Å². The summed E-state index contributed by atoms with van der Waals surface area (Å²) in [6.07, 6.45) is 4.61. The molecule has 1 aliphatic carbocycles. The lowest BCUT2D eigenvalue weighted by Crippen LogP contribution is -2.56. The monoisotopic (exact) mass is 476 g/mol. The van der Waals surface area contributed by atoms with Gasteiger partial charge in [0.1, 0.15) is 11.4 Å². The van der Waals surface area contributed by atoms with Crippen molar-refractivity contribution in [2.24, 2.45) is 0 Å². The van der Waals surface area contributed by atoms with Gasteiger partial charge in [0, 0.05) is 6.04 Å². The SMILES string of the molecule is C[C@@H](Oc1ccccc1C1CCC(OCC2NCCCC2NC(=O)OC(C)(C)C)CC1)C(=O)O. The minimum atomic E-state index is -0.970. The second-order valence-corrected chi connectivity index (χ2v) is 10.4. The number of para-hydroxylation sites is 1. The Hall–Kier alpha value is -2.32. The summed E-state index contributed by atoms with van der Waals surface area (Å²) >= 11 is 0. The molecule has 1 aromatic carbocycles. The molecule has 3 atom stereocenters. The summed E-state index contributed by atoms with van der Waals surface area (Å²) in [6.45, 7) is 8.60. The molecule has 1 saturated carbocycles. The molecule has 8 nitrogen and oxygen atoms in total. The number of carbonyl (C=O) groups is 2. The lowest BCUT2D eigenvalue weighted by Gasteiger charge is -2.36. The Morgan fingerprint density at radius 3 is 2.53 bits per heavy atom. The zero-order valence-electron chi connectivity index (χ0n) is 20.8. The van der Waals surface area contributed by atoms with Crippen molar-refractivity contribution in [2.45, 2.75) is 102 Å². The Balaban J connectivity index is 1.49. The van der Waals surface area contributed by atoms with Gasteiger partial charge in [-0.25, -0.2) is 9.59 Å². The summed E-state index contributed by atoms with van der Waals surface area (Å²) < 4.78 is 17.4. The van der Waals surface area contributed by atoms with Gasteiger partial charge in [-0.05, 0) is 90.3 Å². The van der Waals surface area contributed by atoms with Crippen LogP contribution in [0.25, 0.3) is 0 Å². The second kappa shape index (κ2) is 11.9. The van der Waals surface area contributed by atoms with Gasteiger partial charge in [-0.1, -0.05) is 18.2 Å². The number of aliphatic carboxylic acids is 1. The van der Waals surface area contributed by atoms with E-state index in [1.165, 1.54) is 0 Å². The number of benzene rings is 1. The van der Waals surface area contributed by atoms with E-state index >= 15 is 0 Å².